The fourth-order valence-corrected chi connectivity index (χ4v) is 6.23. The van der Waals surface area contributed by atoms with Crippen LogP contribution in [0, 0.1) is 0 Å². The molecule has 0 bridgehead atoms. The zero-order chi connectivity index (χ0) is 40.1. The van der Waals surface area contributed by atoms with E-state index in [0.29, 0.717) is 31.8 Å². The third kappa shape index (κ3) is 25.8. The van der Waals surface area contributed by atoms with Crippen molar-refractivity contribution in [2.45, 2.75) is 0 Å². The largest absolute Gasteiger partial charge is 6.00 e. The molecular weight excluding hydrogens is 906 g/mol. The molecule has 0 radical (unpaired) electrons. The number of hydrogen-bond donors (Lipinski definition) is 0. The molecule has 6 rings (SSSR count). The van der Waals surface area contributed by atoms with E-state index in [1.54, 1.807) is 182 Å². The van der Waals surface area contributed by atoms with Gasteiger partial charge in [0.2, 0.25) is 0 Å². The Balaban J connectivity index is 0.000000634. The van der Waals surface area contributed by atoms with Crippen LogP contribution in [-0.4, -0.2) is 0 Å². The van der Waals surface area contributed by atoms with Crippen LogP contribution in [0.5, 0.6) is 0 Å². The zero-order valence-electron chi connectivity index (χ0n) is 28.6. The second-order valence-corrected chi connectivity index (χ2v) is 16.8. The second kappa shape index (κ2) is 32.3. The summed E-state index contributed by atoms with van der Waals surface area (Å²) in [4.78, 5) is 61.6. The third-order valence-corrected chi connectivity index (χ3v) is 10.9. The molecule has 6 aromatic carbocycles. The summed E-state index contributed by atoms with van der Waals surface area (Å²) in [6, 6.07) is 50.1. The van der Waals surface area contributed by atoms with Crippen molar-refractivity contribution in [2.75, 3.05) is 0 Å². The molecule has 19 heteroatoms. The van der Waals surface area contributed by atoms with Gasteiger partial charge in [-0.3, -0.25) is 0 Å². The molecule has 6 unspecified atom stereocenters. The van der Waals surface area contributed by atoms with Crippen LogP contribution in [-0.2, 0) is 48.5 Å². The Hall–Kier alpha value is -2.85. The minimum Gasteiger partial charge on any atom is -0.798 e. The normalized spacial score (nSPS) is 12.8. The summed E-state index contributed by atoms with van der Waals surface area (Å²) in [7, 11) is -16.3. The first-order chi connectivity index (χ1) is 25.8. The summed E-state index contributed by atoms with van der Waals surface area (Å²) in [5, 5.41) is 2.43. The van der Waals surface area contributed by atoms with Gasteiger partial charge in [0.05, 0.1) is 0 Å². The summed E-state index contributed by atoms with van der Waals surface area (Å²) >= 11 is 0. The van der Waals surface area contributed by atoms with Gasteiger partial charge in [-0.2, -0.15) is 0 Å². The molecule has 0 aliphatic heterocycles. The molecule has 0 amide bonds. The minimum atomic E-state index is -2.71. The number of benzene rings is 6. The van der Waals surface area contributed by atoms with Gasteiger partial charge in [0.25, 0.3) is 0 Å². The van der Waals surface area contributed by atoms with E-state index in [0.717, 1.165) is 0 Å². The van der Waals surface area contributed by atoms with Crippen molar-refractivity contribution in [3.8, 4) is 0 Å². The molecular formula is C36H36MoO12P6. The summed E-state index contributed by atoms with van der Waals surface area (Å²) in [6.07, 6.45) is 0. The van der Waals surface area contributed by atoms with Crippen LogP contribution in [0.3, 0.4) is 0 Å². The average molecular weight is 942 g/mol. The van der Waals surface area contributed by atoms with Crippen molar-refractivity contribution in [3.63, 3.8) is 0 Å². The van der Waals surface area contributed by atoms with Crippen LogP contribution in [0.15, 0.2) is 182 Å². The van der Waals surface area contributed by atoms with Crippen LogP contribution < -0.4 is 61.2 Å². The van der Waals surface area contributed by atoms with E-state index in [1.807, 2.05) is 0 Å². The molecule has 55 heavy (non-hydrogen) atoms. The van der Waals surface area contributed by atoms with Crippen LogP contribution in [0.25, 0.3) is 0 Å². The van der Waals surface area contributed by atoms with E-state index in [4.69, 9.17) is 0 Å². The fraction of sp³-hybridized carbons (Fsp3) is 0. The number of hydrogen-bond acceptors (Lipinski definition) is 12. The molecule has 288 valence electrons. The summed E-state index contributed by atoms with van der Waals surface area (Å²) in [5.74, 6) is 0. The fourth-order valence-electron chi connectivity index (χ4n) is 3.45. The van der Waals surface area contributed by atoms with Crippen LogP contribution in [0.1, 0.15) is 0 Å². The zero-order valence-corrected chi connectivity index (χ0v) is 36.6. The van der Waals surface area contributed by atoms with Crippen molar-refractivity contribution in [1.29, 1.82) is 0 Å². The van der Waals surface area contributed by atoms with Gasteiger partial charge in [-0.25, -0.2) is 0 Å². The van der Waals surface area contributed by atoms with Crippen molar-refractivity contribution >= 4 is 80.0 Å². The van der Waals surface area contributed by atoms with Gasteiger partial charge in [0, 0.05) is 48.2 Å². The first kappa shape index (κ1) is 52.1. The van der Waals surface area contributed by atoms with Crippen molar-refractivity contribution in [2.24, 2.45) is 0 Å². The van der Waals surface area contributed by atoms with E-state index in [9.17, 15) is 56.8 Å². The summed E-state index contributed by atoms with van der Waals surface area (Å²) in [5.41, 5.74) is 0. The van der Waals surface area contributed by atoms with E-state index in [-0.39, 0.29) is 21.1 Å². The first-order valence-electron chi connectivity index (χ1n) is 15.4. The van der Waals surface area contributed by atoms with Gasteiger partial charge in [-0.1, -0.05) is 182 Å². The topological polar surface area (TPSA) is 241 Å². The summed E-state index contributed by atoms with van der Waals surface area (Å²) in [6.45, 7) is 0. The quantitative estimate of drug-likeness (QED) is 0.167. The van der Waals surface area contributed by atoms with Gasteiger partial charge in [0.1, 0.15) is 0 Å². The molecule has 0 aromatic heterocycles. The van der Waals surface area contributed by atoms with Gasteiger partial charge < -0.3 is 56.8 Å². The summed E-state index contributed by atoms with van der Waals surface area (Å²) < 4.78 is 61.6. The Labute approximate surface area is 338 Å². The van der Waals surface area contributed by atoms with Gasteiger partial charge >= 0.3 is 21.1 Å². The minimum absolute atomic E-state index is 0. The van der Waals surface area contributed by atoms with Gasteiger partial charge in [-0.05, 0) is 31.8 Å². The molecule has 0 aliphatic rings. The molecule has 0 saturated carbocycles. The SMILES string of the molecule is O=[PH]([O-])c1ccccc1.O=[PH]([O-])c1ccccc1.O=[PH]([O-])c1ccccc1.O=[PH]([O-])c1ccccc1.O=[PH]([O-])c1ccccc1.O=[PH]([O-])c1ccccc1.[Mo+6]. The molecule has 0 spiro atoms. The Kier molecular flexibility index (Phi) is 30.6. The molecule has 0 N–H and O–H groups in total. The third-order valence-electron chi connectivity index (χ3n) is 6.06. The monoisotopic (exact) mass is 944 g/mol. The molecule has 0 heterocycles. The second-order valence-electron chi connectivity index (χ2n) is 9.92. The molecule has 0 saturated heterocycles. The average Bonchev–Trinajstić information content (AvgIpc) is 3.21. The Bertz CT molecular complexity index is 1640. The van der Waals surface area contributed by atoms with Gasteiger partial charge in [0.15, 0.2) is 0 Å². The van der Waals surface area contributed by atoms with E-state index in [2.05, 4.69) is 0 Å². The predicted octanol–water partition coefficient (Wildman–Crippen LogP) is 0.879. The molecule has 0 fully saturated rings. The van der Waals surface area contributed by atoms with Crippen LogP contribution in [0.2, 0.25) is 0 Å². The van der Waals surface area contributed by atoms with E-state index >= 15 is 0 Å². The Morgan fingerprint density at radius 2 is 0.309 bits per heavy atom. The van der Waals surface area contributed by atoms with Crippen molar-refractivity contribution in [1.82, 2.24) is 0 Å². The van der Waals surface area contributed by atoms with E-state index < -0.39 is 48.2 Å². The Morgan fingerprint density at radius 1 is 0.218 bits per heavy atom. The van der Waals surface area contributed by atoms with E-state index in [1.165, 1.54) is 0 Å². The smallest absolute Gasteiger partial charge is 0.798 e. The van der Waals surface area contributed by atoms with Gasteiger partial charge in [-0.15, -0.1) is 0 Å². The van der Waals surface area contributed by atoms with Crippen LogP contribution in [0.4, 0.5) is 0 Å². The molecule has 12 nitrogen and oxygen atoms in total. The molecule has 6 aromatic rings. The first-order valence-corrected chi connectivity index (χ1v) is 23.3. The standard InChI is InChI=1S/6C6H7O2P.Mo/c6*7-9(8)6-4-2-1-3-5-6;/h6*1-5,9H,(H,7,8);/q;;;;;;+6/p-6. The van der Waals surface area contributed by atoms with Crippen LogP contribution >= 0.6 is 48.2 Å². The molecule has 0 aliphatic carbocycles. The maximum Gasteiger partial charge on any atom is 6.00 e. The van der Waals surface area contributed by atoms with Crippen molar-refractivity contribution < 1.29 is 77.8 Å². The number of rotatable bonds is 6. The Morgan fingerprint density at radius 3 is 0.364 bits per heavy atom. The maximum atomic E-state index is 10.3. The van der Waals surface area contributed by atoms with Crippen molar-refractivity contribution in [3.05, 3.63) is 182 Å². The molecule has 6 atom stereocenters. The predicted molar refractivity (Wildman–Crippen MR) is 210 cm³/mol. The maximum absolute atomic E-state index is 10.3.